The van der Waals surface area contributed by atoms with Crippen LogP contribution in [0.1, 0.15) is 31.2 Å². The first-order chi connectivity index (χ1) is 17.4. The Bertz CT molecular complexity index is 1280. The van der Waals surface area contributed by atoms with Gasteiger partial charge in [0.15, 0.2) is 11.5 Å². The first-order valence-corrected chi connectivity index (χ1v) is 12.1. The minimum atomic E-state index is -0.545. The van der Waals surface area contributed by atoms with Gasteiger partial charge in [-0.15, -0.1) is 0 Å². The zero-order chi connectivity index (χ0) is 25.2. The molecule has 2 N–H and O–H groups in total. The summed E-state index contributed by atoms with van der Waals surface area (Å²) < 4.78 is 40.5. The molecule has 5 rings (SSSR count). The van der Waals surface area contributed by atoms with E-state index in [0.29, 0.717) is 47.4 Å². The zero-order valence-corrected chi connectivity index (χ0v) is 20.3. The van der Waals surface area contributed by atoms with E-state index in [4.69, 9.17) is 9.47 Å². The molecule has 1 amide bonds. The minimum Gasteiger partial charge on any atom is -0.493 e. The van der Waals surface area contributed by atoms with E-state index < -0.39 is 11.6 Å². The number of nitrogens with zero attached hydrogens (tertiary/aromatic N) is 3. The molecule has 3 aromatic rings. The Hall–Kier alpha value is -3.53. The number of aryl methyl sites for hydroxylation is 1. The lowest BCUT2D eigenvalue weighted by Gasteiger charge is -2.38. The first-order valence-electron chi connectivity index (χ1n) is 12.1. The second kappa shape index (κ2) is 10.2. The first kappa shape index (κ1) is 24.2. The van der Waals surface area contributed by atoms with Crippen molar-refractivity contribution in [2.45, 2.75) is 44.8 Å². The van der Waals surface area contributed by atoms with Crippen LogP contribution in [-0.4, -0.2) is 59.7 Å². The molecule has 0 bridgehead atoms. The third kappa shape index (κ3) is 5.04. The van der Waals surface area contributed by atoms with Crippen LogP contribution < -0.4 is 20.1 Å². The van der Waals surface area contributed by atoms with Crippen LogP contribution in [-0.2, 0) is 4.79 Å². The van der Waals surface area contributed by atoms with Gasteiger partial charge in [-0.3, -0.25) is 9.69 Å². The number of hydrogen-bond donors (Lipinski definition) is 2. The molecule has 1 aromatic heterocycles. The summed E-state index contributed by atoms with van der Waals surface area (Å²) in [5, 5.41) is 6.38. The van der Waals surface area contributed by atoms with E-state index in [0.717, 1.165) is 44.4 Å². The van der Waals surface area contributed by atoms with Crippen LogP contribution in [0.15, 0.2) is 30.6 Å². The lowest BCUT2D eigenvalue weighted by atomic mass is 9.91. The molecule has 2 fully saturated rings. The Kier molecular flexibility index (Phi) is 6.86. The van der Waals surface area contributed by atoms with Crippen LogP contribution in [0.2, 0.25) is 0 Å². The third-order valence-corrected chi connectivity index (χ3v) is 6.91. The summed E-state index contributed by atoms with van der Waals surface area (Å²) in [5.74, 6) is 0.413. The van der Waals surface area contributed by atoms with Crippen molar-refractivity contribution in [1.82, 2.24) is 20.2 Å². The molecule has 1 saturated carbocycles. The Labute approximate surface area is 208 Å². The lowest BCUT2D eigenvalue weighted by Crippen LogP contribution is -2.52. The number of rotatable bonds is 6. The Morgan fingerprint density at radius 3 is 2.64 bits per heavy atom. The largest absolute Gasteiger partial charge is 0.493 e. The standard InChI is InChI=1S/C26H29F2N5O3/c1-15-9-16(27)10-21(25(15)28)32-26-19-11-23(22(35-2)12-20(19)30-14-31-26)36-18-5-3-17(4-6-18)33-8-7-29-24(34)13-33/h9-12,14,17-18H,3-8,13H2,1-2H3,(H,29,34)(H,30,31,32). The van der Waals surface area contributed by atoms with E-state index in [1.165, 1.54) is 13.3 Å². The average molecular weight is 498 g/mol. The van der Waals surface area contributed by atoms with Gasteiger partial charge in [-0.25, -0.2) is 18.7 Å². The molecule has 190 valence electrons. The number of carbonyl (C=O) groups excluding carboxylic acids is 1. The molecule has 8 nitrogen and oxygen atoms in total. The predicted octanol–water partition coefficient (Wildman–Crippen LogP) is 4.09. The van der Waals surface area contributed by atoms with Gasteiger partial charge in [-0.1, -0.05) is 0 Å². The topological polar surface area (TPSA) is 88.6 Å². The van der Waals surface area contributed by atoms with Crippen molar-refractivity contribution < 1.29 is 23.0 Å². The highest BCUT2D eigenvalue weighted by atomic mass is 19.1. The van der Waals surface area contributed by atoms with Gasteiger partial charge in [0.1, 0.15) is 23.8 Å². The summed E-state index contributed by atoms with van der Waals surface area (Å²) in [5.41, 5.74) is 0.773. The summed E-state index contributed by atoms with van der Waals surface area (Å²) in [4.78, 5) is 22.6. The highest BCUT2D eigenvalue weighted by Crippen LogP contribution is 2.37. The molecule has 0 atom stereocenters. The van der Waals surface area contributed by atoms with Crippen molar-refractivity contribution in [2.24, 2.45) is 0 Å². The number of ether oxygens (including phenoxy) is 2. The fraction of sp³-hybridized carbons (Fsp3) is 0.423. The van der Waals surface area contributed by atoms with Gasteiger partial charge in [0, 0.05) is 36.7 Å². The van der Waals surface area contributed by atoms with Crippen molar-refractivity contribution in [3.8, 4) is 11.5 Å². The minimum absolute atomic E-state index is 0.00410. The fourth-order valence-corrected chi connectivity index (χ4v) is 5.04. The number of carbonyl (C=O) groups is 1. The van der Waals surface area contributed by atoms with Gasteiger partial charge in [-0.2, -0.15) is 0 Å². The fourth-order valence-electron chi connectivity index (χ4n) is 5.04. The highest BCUT2D eigenvalue weighted by molar-refractivity contribution is 5.93. The number of benzene rings is 2. The molecule has 10 heteroatoms. The van der Waals surface area contributed by atoms with Crippen LogP contribution in [0, 0.1) is 18.6 Å². The second-order valence-corrected chi connectivity index (χ2v) is 9.32. The quantitative estimate of drug-likeness (QED) is 0.530. The molecule has 0 unspecified atom stereocenters. The molecule has 1 aliphatic carbocycles. The number of nitrogens with one attached hydrogen (secondary N) is 2. The number of piperazine rings is 1. The summed E-state index contributed by atoms with van der Waals surface area (Å²) >= 11 is 0. The van der Waals surface area contributed by atoms with Crippen LogP contribution in [0.3, 0.4) is 0 Å². The highest BCUT2D eigenvalue weighted by Gasteiger charge is 2.30. The van der Waals surface area contributed by atoms with Gasteiger partial charge in [0.25, 0.3) is 0 Å². The average Bonchev–Trinajstić information content (AvgIpc) is 2.87. The van der Waals surface area contributed by atoms with Crippen molar-refractivity contribution in [3.63, 3.8) is 0 Å². The van der Waals surface area contributed by atoms with E-state index in [9.17, 15) is 13.6 Å². The molecular weight excluding hydrogens is 468 g/mol. The molecule has 0 spiro atoms. The molecule has 2 aromatic carbocycles. The molecule has 2 heterocycles. The summed E-state index contributed by atoms with van der Waals surface area (Å²) in [6.07, 6.45) is 4.96. The Morgan fingerprint density at radius 2 is 1.89 bits per heavy atom. The van der Waals surface area contributed by atoms with Gasteiger partial charge >= 0.3 is 0 Å². The maximum absolute atomic E-state index is 14.6. The number of fused-ring (bicyclic) bond motifs is 1. The summed E-state index contributed by atoms with van der Waals surface area (Å²) in [7, 11) is 1.57. The summed E-state index contributed by atoms with van der Waals surface area (Å²) in [6.45, 7) is 3.53. The van der Waals surface area contributed by atoms with Gasteiger partial charge in [0.2, 0.25) is 5.91 Å². The SMILES string of the molecule is COc1cc2ncnc(Nc3cc(F)cc(C)c3F)c2cc1OC1CCC(N2CCNC(=O)C2)CC1. The van der Waals surface area contributed by atoms with Crippen molar-refractivity contribution in [1.29, 1.82) is 0 Å². The zero-order valence-electron chi connectivity index (χ0n) is 20.3. The monoisotopic (exact) mass is 497 g/mol. The summed E-state index contributed by atoms with van der Waals surface area (Å²) in [6, 6.07) is 6.15. The molecular formula is C26H29F2N5O3. The van der Waals surface area contributed by atoms with E-state index in [1.807, 2.05) is 0 Å². The van der Waals surface area contributed by atoms with Crippen molar-refractivity contribution in [2.75, 3.05) is 32.1 Å². The van der Waals surface area contributed by atoms with E-state index in [1.54, 1.807) is 19.2 Å². The van der Waals surface area contributed by atoms with Crippen LogP contribution >= 0.6 is 0 Å². The molecule has 36 heavy (non-hydrogen) atoms. The lowest BCUT2D eigenvalue weighted by molar-refractivity contribution is -0.125. The number of methoxy groups -OCH3 is 1. The van der Waals surface area contributed by atoms with Crippen LogP contribution in [0.4, 0.5) is 20.3 Å². The number of amides is 1. The maximum Gasteiger partial charge on any atom is 0.234 e. The normalized spacial score (nSPS) is 20.7. The van der Waals surface area contributed by atoms with Gasteiger partial charge in [-0.05, 0) is 50.3 Å². The Balaban J connectivity index is 1.36. The van der Waals surface area contributed by atoms with Gasteiger partial charge < -0.3 is 20.1 Å². The van der Waals surface area contributed by atoms with Crippen molar-refractivity contribution in [3.05, 3.63) is 47.8 Å². The van der Waals surface area contributed by atoms with Crippen LogP contribution in [0.5, 0.6) is 11.5 Å². The smallest absolute Gasteiger partial charge is 0.234 e. The predicted molar refractivity (Wildman–Crippen MR) is 132 cm³/mol. The number of aromatic nitrogens is 2. The molecule has 0 radical (unpaired) electrons. The van der Waals surface area contributed by atoms with Crippen LogP contribution in [0.25, 0.3) is 10.9 Å². The molecule has 1 saturated heterocycles. The number of anilines is 2. The van der Waals surface area contributed by atoms with Gasteiger partial charge in [0.05, 0.1) is 31.0 Å². The van der Waals surface area contributed by atoms with E-state index in [-0.39, 0.29) is 23.3 Å². The molecule has 1 aliphatic heterocycles. The second-order valence-electron chi connectivity index (χ2n) is 9.32. The maximum atomic E-state index is 14.6. The van der Waals surface area contributed by atoms with E-state index >= 15 is 0 Å². The number of halogens is 2. The molecule has 2 aliphatic rings. The third-order valence-electron chi connectivity index (χ3n) is 6.91. The van der Waals surface area contributed by atoms with Crippen molar-refractivity contribution >= 4 is 28.3 Å². The Morgan fingerprint density at radius 1 is 1.08 bits per heavy atom. The number of hydrogen-bond acceptors (Lipinski definition) is 7. The van der Waals surface area contributed by atoms with E-state index in [2.05, 4.69) is 25.5 Å².